The number of unbranched alkanes of at least 4 members (excludes halogenated alkanes) is 2. The quantitative estimate of drug-likeness (QED) is 0.470. The van der Waals surface area contributed by atoms with Crippen molar-refractivity contribution >= 4 is 5.78 Å². The predicted octanol–water partition coefficient (Wildman–Crippen LogP) is 4.27. The molecule has 0 aromatic heterocycles. The van der Waals surface area contributed by atoms with E-state index in [0.717, 1.165) is 32.1 Å². The standard InChI is InChI=1S/C14H24O/c1-3-5-7-11-14(10-4-2)12-8-6-9-13(14)15/h4H,2-3,5-12H2,1H3. The van der Waals surface area contributed by atoms with Crippen LogP contribution in [0.2, 0.25) is 0 Å². The minimum absolute atomic E-state index is 0.0187. The third kappa shape index (κ3) is 3.19. The third-order valence-corrected chi connectivity index (χ3v) is 3.69. The van der Waals surface area contributed by atoms with Gasteiger partial charge in [0.05, 0.1) is 0 Å². The molecule has 1 unspecified atom stereocenters. The Labute approximate surface area is 93.9 Å². The van der Waals surface area contributed by atoms with Crippen LogP contribution in [0.3, 0.4) is 0 Å². The minimum Gasteiger partial charge on any atom is -0.299 e. The van der Waals surface area contributed by atoms with Crippen molar-refractivity contribution in [1.29, 1.82) is 0 Å². The molecule has 1 fully saturated rings. The van der Waals surface area contributed by atoms with E-state index in [4.69, 9.17) is 0 Å². The molecule has 0 saturated heterocycles. The van der Waals surface area contributed by atoms with Crippen molar-refractivity contribution in [3.63, 3.8) is 0 Å². The fourth-order valence-electron chi connectivity index (χ4n) is 2.73. The molecule has 0 radical (unpaired) electrons. The molecular weight excluding hydrogens is 184 g/mol. The average molecular weight is 208 g/mol. The maximum atomic E-state index is 12.1. The molecule has 1 aliphatic carbocycles. The minimum atomic E-state index is -0.0187. The van der Waals surface area contributed by atoms with Gasteiger partial charge in [0.2, 0.25) is 0 Å². The molecule has 0 amide bonds. The molecule has 0 aromatic carbocycles. The van der Waals surface area contributed by atoms with E-state index in [0.29, 0.717) is 5.78 Å². The van der Waals surface area contributed by atoms with Gasteiger partial charge in [0.1, 0.15) is 5.78 Å². The van der Waals surface area contributed by atoms with E-state index in [-0.39, 0.29) is 5.41 Å². The van der Waals surface area contributed by atoms with E-state index in [2.05, 4.69) is 13.5 Å². The van der Waals surface area contributed by atoms with Gasteiger partial charge in [-0.3, -0.25) is 4.79 Å². The zero-order valence-electron chi connectivity index (χ0n) is 10.1. The number of hydrogen-bond acceptors (Lipinski definition) is 1. The molecule has 15 heavy (non-hydrogen) atoms. The zero-order valence-corrected chi connectivity index (χ0v) is 10.1. The summed E-state index contributed by atoms with van der Waals surface area (Å²) in [5.41, 5.74) is -0.0187. The van der Waals surface area contributed by atoms with Gasteiger partial charge in [-0.05, 0) is 25.7 Å². The van der Waals surface area contributed by atoms with Crippen LogP contribution in [-0.4, -0.2) is 5.78 Å². The van der Waals surface area contributed by atoms with E-state index in [1.54, 1.807) is 0 Å². The van der Waals surface area contributed by atoms with Crippen molar-refractivity contribution in [2.24, 2.45) is 5.41 Å². The van der Waals surface area contributed by atoms with Crippen molar-refractivity contribution in [3.05, 3.63) is 12.7 Å². The Bertz CT molecular complexity index is 219. The topological polar surface area (TPSA) is 17.1 Å². The first-order chi connectivity index (χ1) is 7.25. The van der Waals surface area contributed by atoms with E-state index in [1.807, 2.05) is 6.08 Å². The van der Waals surface area contributed by atoms with Gasteiger partial charge in [-0.1, -0.05) is 38.7 Å². The highest BCUT2D eigenvalue weighted by Gasteiger charge is 2.37. The summed E-state index contributed by atoms with van der Waals surface area (Å²) in [7, 11) is 0. The average Bonchev–Trinajstić information content (AvgIpc) is 2.23. The Morgan fingerprint density at radius 2 is 2.20 bits per heavy atom. The van der Waals surface area contributed by atoms with Gasteiger partial charge in [-0.2, -0.15) is 0 Å². The summed E-state index contributed by atoms with van der Waals surface area (Å²) in [5, 5.41) is 0. The van der Waals surface area contributed by atoms with Crippen molar-refractivity contribution in [3.8, 4) is 0 Å². The Morgan fingerprint density at radius 3 is 2.80 bits per heavy atom. The maximum absolute atomic E-state index is 12.1. The monoisotopic (exact) mass is 208 g/mol. The van der Waals surface area contributed by atoms with Crippen molar-refractivity contribution < 1.29 is 4.79 Å². The second kappa shape index (κ2) is 6.09. The van der Waals surface area contributed by atoms with E-state index >= 15 is 0 Å². The van der Waals surface area contributed by atoms with E-state index in [1.165, 1.54) is 25.7 Å². The molecule has 1 aliphatic rings. The number of carbonyl (C=O) groups excluding carboxylic acids is 1. The molecule has 0 heterocycles. The summed E-state index contributed by atoms with van der Waals surface area (Å²) in [6, 6.07) is 0. The van der Waals surface area contributed by atoms with Crippen molar-refractivity contribution in [2.75, 3.05) is 0 Å². The largest absolute Gasteiger partial charge is 0.299 e. The molecule has 0 bridgehead atoms. The summed E-state index contributed by atoms with van der Waals surface area (Å²) < 4.78 is 0. The Morgan fingerprint density at radius 1 is 1.40 bits per heavy atom. The lowest BCUT2D eigenvalue weighted by Gasteiger charge is -2.35. The molecule has 1 saturated carbocycles. The molecule has 0 N–H and O–H groups in total. The van der Waals surface area contributed by atoms with Gasteiger partial charge >= 0.3 is 0 Å². The van der Waals surface area contributed by atoms with Gasteiger partial charge in [0.15, 0.2) is 0 Å². The van der Waals surface area contributed by atoms with Crippen LogP contribution in [0.1, 0.15) is 64.7 Å². The number of Topliss-reactive ketones (excluding diaryl/α,β-unsaturated/α-hetero) is 1. The molecule has 0 aliphatic heterocycles. The number of allylic oxidation sites excluding steroid dienone is 1. The predicted molar refractivity (Wildman–Crippen MR) is 64.9 cm³/mol. The zero-order chi connectivity index (χ0) is 11.1. The van der Waals surface area contributed by atoms with Crippen LogP contribution in [0.5, 0.6) is 0 Å². The second-order valence-corrected chi connectivity index (χ2v) is 4.86. The van der Waals surface area contributed by atoms with E-state index in [9.17, 15) is 4.79 Å². The van der Waals surface area contributed by atoms with Gasteiger partial charge in [-0.25, -0.2) is 0 Å². The lowest BCUT2D eigenvalue weighted by Crippen LogP contribution is -2.33. The summed E-state index contributed by atoms with van der Waals surface area (Å²) >= 11 is 0. The highest BCUT2D eigenvalue weighted by molar-refractivity contribution is 5.85. The Balaban J connectivity index is 2.58. The smallest absolute Gasteiger partial charge is 0.139 e. The van der Waals surface area contributed by atoms with Crippen LogP contribution in [-0.2, 0) is 4.79 Å². The van der Waals surface area contributed by atoms with Crippen LogP contribution in [0, 0.1) is 5.41 Å². The normalized spacial score (nSPS) is 26.6. The van der Waals surface area contributed by atoms with Gasteiger partial charge in [0, 0.05) is 11.8 Å². The van der Waals surface area contributed by atoms with Gasteiger partial charge in [0.25, 0.3) is 0 Å². The molecule has 1 rings (SSSR count). The molecule has 1 nitrogen and oxygen atoms in total. The van der Waals surface area contributed by atoms with Crippen LogP contribution >= 0.6 is 0 Å². The summed E-state index contributed by atoms with van der Waals surface area (Å²) in [5.74, 6) is 0.504. The first kappa shape index (κ1) is 12.5. The molecule has 1 heteroatoms. The summed E-state index contributed by atoms with van der Waals surface area (Å²) in [6.07, 6.45) is 11.9. The Kier molecular flexibility index (Phi) is 5.07. The fourth-order valence-corrected chi connectivity index (χ4v) is 2.73. The number of hydrogen-bond donors (Lipinski definition) is 0. The maximum Gasteiger partial charge on any atom is 0.139 e. The molecule has 0 spiro atoms. The molecule has 0 aromatic rings. The summed E-state index contributed by atoms with van der Waals surface area (Å²) in [4.78, 5) is 12.1. The lowest BCUT2D eigenvalue weighted by atomic mass is 9.68. The van der Waals surface area contributed by atoms with Crippen LogP contribution in [0.4, 0.5) is 0 Å². The van der Waals surface area contributed by atoms with Crippen LogP contribution < -0.4 is 0 Å². The van der Waals surface area contributed by atoms with Crippen molar-refractivity contribution in [2.45, 2.75) is 64.7 Å². The Hall–Kier alpha value is -0.590. The summed E-state index contributed by atoms with van der Waals surface area (Å²) in [6.45, 7) is 6.02. The fraction of sp³-hybridized carbons (Fsp3) is 0.786. The lowest BCUT2D eigenvalue weighted by molar-refractivity contribution is -0.131. The molecule has 86 valence electrons. The number of rotatable bonds is 6. The van der Waals surface area contributed by atoms with E-state index < -0.39 is 0 Å². The number of carbonyl (C=O) groups is 1. The van der Waals surface area contributed by atoms with Gasteiger partial charge in [-0.15, -0.1) is 6.58 Å². The molecule has 1 atom stereocenters. The highest BCUT2D eigenvalue weighted by atomic mass is 16.1. The van der Waals surface area contributed by atoms with Gasteiger partial charge < -0.3 is 0 Å². The van der Waals surface area contributed by atoms with Crippen LogP contribution in [0.15, 0.2) is 12.7 Å². The SMILES string of the molecule is C=CCC1(CCCCC)CCCCC1=O. The molecular formula is C14H24O. The van der Waals surface area contributed by atoms with Crippen molar-refractivity contribution in [1.82, 2.24) is 0 Å². The van der Waals surface area contributed by atoms with Crippen LogP contribution in [0.25, 0.3) is 0 Å². The highest BCUT2D eigenvalue weighted by Crippen LogP contribution is 2.41. The first-order valence-corrected chi connectivity index (χ1v) is 6.39. The second-order valence-electron chi connectivity index (χ2n) is 4.86. The number of ketones is 1. The third-order valence-electron chi connectivity index (χ3n) is 3.69. The first-order valence-electron chi connectivity index (χ1n) is 6.39.